The van der Waals surface area contributed by atoms with E-state index in [0.29, 0.717) is 5.82 Å². The van der Waals surface area contributed by atoms with Crippen LogP contribution in [0.5, 0.6) is 0 Å². The molecule has 4 heteroatoms. The van der Waals surface area contributed by atoms with Gasteiger partial charge < -0.3 is 4.42 Å². The van der Waals surface area contributed by atoms with Gasteiger partial charge in [-0.1, -0.05) is 78.9 Å². The van der Waals surface area contributed by atoms with Crippen molar-refractivity contribution in [1.82, 2.24) is 15.2 Å². The van der Waals surface area contributed by atoms with Crippen molar-refractivity contribution in [2.24, 2.45) is 0 Å². The first-order valence-corrected chi connectivity index (χ1v) is 9.86. The molecule has 0 saturated carbocycles. The number of nitrogens with zero attached hydrogens (tertiary/aromatic N) is 2. The lowest BCUT2D eigenvalue weighted by Crippen LogP contribution is -1.82. The van der Waals surface area contributed by atoms with E-state index >= 15 is 0 Å². The highest BCUT2D eigenvalue weighted by Crippen LogP contribution is 2.37. The lowest BCUT2D eigenvalue weighted by molar-refractivity contribution is 0.669. The summed E-state index contributed by atoms with van der Waals surface area (Å²) in [7, 11) is 0. The summed E-state index contributed by atoms with van der Waals surface area (Å²) in [4.78, 5) is 4.67. The van der Waals surface area contributed by atoms with Crippen LogP contribution in [-0.4, -0.2) is 15.2 Å². The third-order valence-corrected chi connectivity index (χ3v) is 5.37. The first-order valence-electron chi connectivity index (χ1n) is 9.86. The Bertz CT molecular complexity index is 1480. The van der Waals surface area contributed by atoms with Crippen LogP contribution in [0.15, 0.2) is 101 Å². The molecular weight excluding hydrogens is 370 g/mol. The number of hydrogen-bond donors (Lipinski definition) is 1. The summed E-state index contributed by atoms with van der Waals surface area (Å²) in [5.41, 5.74) is 5.98. The molecule has 0 radical (unpaired) electrons. The second-order valence-electron chi connectivity index (χ2n) is 7.23. The van der Waals surface area contributed by atoms with Gasteiger partial charge in [0.05, 0.1) is 0 Å². The number of H-pyrrole nitrogens is 1. The van der Waals surface area contributed by atoms with Crippen LogP contribution in [0.25, 0.3) is 55.8 Å². The van der Waals surface area contributed by atoms with E-state index < -0.39 is 0 Å². The van der Waals surface area contributed by atoms with Crippen LogP contribution in [0, 0.1) is 0 Å². The molecule has 142 valence electrons. The van der Waals surface area contributed by atoms with Gasteiger partial charge in [-0.05, 0) is 29.3 Å². The van der Waals surface area contributed by atoms with E-state index in [9.17, 15) is 0 Å². The minimum atomic E-state index is 0.652. The number of aromatic amines is 1. The molecule has 0 unspecified atom stereocenters. The van der Waals surface area contributed by atoms with E-state index in [1.807, 2.05) is 54.6 Å². The third kappa shape index (κ3) is 2.70. The molecule has 6 rings (SSSR count). The summed E-state index contributed by atoms with van der Waals surface area (Å²) in [6.45, 7) is 0. The van der Waals surface area contributed by atoms with Crippen LogP contribution in [0.3, 0.4) is 0 Å². The SMILES string of the molecule is c1ccc(-c2nc(-c3ccc4c(c3)oc3cccc(-c5ccccc5)c34)n[nH]2)cc1. The van der Waals surface area contributed by atoms with Gasteiger partial charge in [0.25, 0.3) is 0 Å². The van der Waals surface area contributed by atoms with Gasteiger partial charge in [0.2, 0.25) is 0 Å². The topological polar surface area (TPSA) is 54.7 Å². The number of nitrogens with one attached hydrogen (secondary N) is 1. The van der Waals surface area contributed by atoms with E-state index in [2.05, 4.69) is 57.6 Å². The molecule has 0 aliphatic heterocycles. The summed E-state index contributed by atoms with van der Waals surface area (Å²) in [5, 5.41) is 9.66. The number of furan rings is 1. The smallest absolute Gasteiger partial charge is 0.181 e. The molecule has 0 spiro atoms. The number of hydrogen-bond acceptors (Lipinski definition) is 3. The normalized spacial score (nSPS) is 11.3. The molecule has 2 heterocycles. The Morgan fingerprint density at radius 3 is 2.20 bits per heavy atom. The van der Waals surface area contributed by atoms with Gasteiger partial charge in [-0.15, -0.1) is 0 Å². The maximum atomic E-state index is 6.20. The van der Waals surface area contributed by atoms with E-state index in [1.54, 1.807) is 0 Å². The summed E-state index contributed by atoms with van der Waals surface area (Å²) < 4.78 is 6.20. The molecule has 0 saturated heterocycles. The summed E-state index contributed by atoms with van der Waals surface area (Å²) >= 11 is 0. The zero-order valence-electron chi connectivity index (χ0n) is 16.0. The molecule has 0 aliphatic carbocycles. The Morgan fingerprint density at radius 2 is 1.40 bits per heavy atom. The zero-order valence-corrected chi connectivity index (χ0v) is 16.0. The van der Waals surface area contributed by atoms with E-state index in [-0.39, 0.29) is 0 Å². The van der Waals surface area contributed by atoms with Crippen molar-refractivity contribution in [2.75, 3.05) is 0 Å². The number of aromatic nitrogens is 3. The van der Waals surface area contributed by atoms with Gasteiger partial charge in [0.15, 0.2) is 11.6 Å². The minimum Gasteiger partial charge on any atom is -0.456 e. The first-order chi connectivity index (χ1) is 14.9. The Balaban J connectivity index is 1.48. The number of rotatable bonds is 3. The Hall–Kier alpha value is -4.18. The van der Waals surface area contributed by atoms with Crippen molar-refractivity contribution in [3.8, 4) is 33.9 Å². The fraction of sp³-hybridized carbons (Fsp3) is 0. The highest BCUT2D eigenvalue weighted by Gasteiger charge is 2.14. The number of benzene rings is 4. The Labute approximate surface area is 172 Å². The maximum absolute atomic E-state index is 6.20. The fourth-order valence-electron chi connectivity index (χ4n) is 3.94. The van der Waals surface area contributed by atoms with Crippen LogP contribution in [-0.2, 0) is 0 Å². The lowest BCUT2D eigenvalue weighted by Gasteiger charge is -2.03. The third-order valence-electron chi connectivity index (χ3n) is 5.37. The predicted molar refractivity (Wildman–Crippen MR) is 120 cm³/mol. The van der Waals surface area contributed by atoms with Crippen molar-refractivity contribution in [1.29, 1.82) is 0 Å². The van der Waals surface area contributed by atoms with Gasteiger partial charge in [0.1, 0.15) is 11.2 Å². The highest BCUT2D eigenvalue weighted by atomic mass is 16.3. The maximum Gasteiger partial charge on any atom is 0.181 e. The van der Waals surface area contributed by atoms with E-state index in [0.717, 1.165) is 38.9 Å². The van der Waals surface area contributed by atoms with Gasteiger partial charge >= 0.3 is 0 Å². The molecule has 0 atom stereocenters. The Morgan fingerprint density at radius 1 is 0.633 bits per heavy atom. The highest BCUT2D eigenvalue weighted by molar-refractivity contribution is 6.12. The van der Waals surface area contributed by atoms with Crippen molar-refractivity contribution in [3.05, 3.63) is 97.1 Å². The summed E-state index contributed by atoms with van der Waals surface area (Å²) in [6.07, 6.45) is 0. The molecule has 2 aromatic heterocycles. The monoisotopic (exact) mass is 387 g/mol. The van der Waals surface area contributed by atoms with E-state index in [1.165, 1.54) is 11.1 Å². The van der Waals surface area contributed by atoms with Crippen molar-refractivity contribution in [3.63, 3.8) is 0 Å². The second-order valence-corrected chi connectivity index (χ2v) is 7.23. The van der Waals surface area contributed by atoms with Gasteiger partial charge in [-0.3, -0.25) is 5.10 Å². The van der Waals surface area contributed by atoms with Crippen LogP contribution >= 0.6 is 0 Å². The second kappa shape index (κ2) is 6.71. The van der Waals surface area contributed by atoms with Crippen LogP contribution in [0.2, 0.25) is 0 Å². The molecule has 0 bridgehead atoms. The minimum absolute atomic E-state index is 0.652. The molecule has 0 aliphatic rings. The zero-order chi connectivity index (χ0) is 19.9. The molecule has 4 nitrogen and oxygen atoms in total. The van der Waals surface area contributed by atoms with Gasteiger partial charge in [-0.25, -0.2) is 4.98 Å². The molecule has 4 aromatic carbocycles. The molecule has 0 amide bonds. The van der Waals surface area contributed by atoms with E-state index in [4.69, 9.17) is 4.42 Å². The molecule has 0 fully saturated rings. The van der Waals surface area contributed by atoms with Gasteiger partial charge in [-0.2, -0.15) is 5.10 Å². The first kappa shape index (κ1) is 16.7. The lowest BCUT2D eigenvalue weighted by atomic mass is 9.99. The molecule has 30 heavy (non-hydrogen) atoms. The molecule has 1 N–H and O–H groups in total. The summed E-state index contributed by atoms with van der Waals surface area (Å²) in [5.74, 6) is 1.40. The van der Waals surface area contributed by atoms with Gasteiger partial charge in [0, 0.05) is 21.9 Å². The fourth-order valence-corrected chi connectivity index (χ4v) is 3.94. The van der Waals surface area contributed by atoms with Crippen molar-refractivity contribution < 1.29 is 4.42 Å². The quantitative estimate of drug-likeness (QED) is 0.367. The Kier molecular flexibility index (Phi) is 3.74. The molecular formula is C26H17N3O. The van der Waals surface area contributed by atoms with Crippen LogP contribution < -0.4 is 0 Å². The average molecular weight is 387 g/mol. The van der Waals surface area contributed by atoms with Crippen molar-refractivity contribution >= 4 is 21.9 Å². The summed E-state index contributed by atoms with van der Waals surface area (Å²) in [6, 6.07) is 32.7. The number of fused-ring (bicyclic) bond motifs is 3. The largest absolute Gasteiger partial charge is 0.456 e. The molecule has 6 aromatic rings. The van der Waals surface area contributed by atoms with Crippen LogP contribution in [0.1, 0.15) is 0 Å². The van der Waals surface area contributed by atoms with Crippen molar-refractivity contribution in [2.45, 2.75) is 0 Å². The predicted octanol–water partition coefficient (Wildman–Crippen LogP) is 6.71. The standard InChI is InChI=1S/C26H17N3O/c1-3-8-17(9-4-1)20-12-7-13-22-24(20)21-15-14-19(16-23(21)30-22)26-27-25(28-29-26)18-10-5-2-6-11-18/h1-16H,(H,27,28,29). The average Bonchev–Trinajstić information content (AvgIpc) is 3.45. The van der Waals surface area contributed by atoms with Crippen LogP contribution in [0.4, 0.5) is 0 Å².